The Morgan fingerprint density at radius 1 is 1.04 bits per heavy atom. The largest absolute Gasteiger partial charge is 0.457 e. The van der Waals surface area contributed by atoms with Crippen molar-refractivity contribution in [1.29, 1.82) is 0 Å². The van der Waals surface area contributed by atoms with E-state index in [4.69, 9.17) is 4.74 Å². The summed E-state index contributed by atoms with van der Waals surface area (Å²) in [7, 11) is -2.61. The highest BCUT2D eigenvalue weighted by Crippen LogP contribution is 2.42. The first-order valence-electron chi connectivity index (χ1n) is 7.14. The molecule has 2 aromatic rings. The molecule has 0 bridgehead atoms. The Hall–Kier alpha value is -2.00. The lowest BCUT2D eigenvalue weighted by Crippen LogP contribution is -2.14. The molecule has 0 aromatic heterocycles. The summed E-state index contributed by atoms with van der Waals surface area (Å²) in [6.07, 6.45) is 0.787. The molecule has 6 heteroatoms. The van der Waals surface area contributed by atoms with Gasteiger partial charge in [-0.3, -0.25) is 4.79 Å². The van der Waals surface area contributed by atoms with Gasteiger partial charge in [-0.1, -0.05) is 0 Å². The van der Waals surface area contributed by atoms with Crippen molar-refractivity contribution in [2.24, 2.45) is 0 Å². The number of ether oxygens (including phenoxy) is 1. The zero-order valence-corrected chi connectivity index (χ0v) is 13.6. The van der Waals surface area contributed by atoms with Gasteiger partial charge in [0.15, 0.2) is 5.78 Å². The lowest BCUT2D eigenvalue weighted by atomic mass is 10.1. The van der Waals surface area contributed by atoms with Crippen LogP contribution in [0.15, 0.2) is 30.3 Å². The minimum Gasteiger partial charge on any atom is -0.457 e. The van der Waals surface area contributed by atoms with E-state index < -0.39 is 18.8 Å². The first-order valence-corrected chi connectivity index (χ1v) is 9.74. The van der Waals surface area contributed by atoms with E-state index in [1.807, 2.05) is 0 Å². The van der Waals surface area contributed by atoms with Crippen molar-refractivity contribution in [1.82, 2.24) is 0 Å². The van der Waals surface area contributed by atoms with Crippen LogP contribution in [0.25, 0.3) is 0 Å². The molecule has 0 atom stereocenters. The zero-order valence-electron chi connectivity index (χ0n) is 12.7. The first-order chi connectivity index (χ1) is 10.8. The summed E-state index contributed by atoms with van der Waals surface area (Å²) in [5.74, 6) is -1.16. The van der Waals surface area contributed by atoms with Crippen molar-refractivity contribution < 1.29 is 22.9 Å². The average Bonchev–Trinajstić information content (AvgIpc) is 2.79. The number of fused-ring (bicyclic) bond motifs is 1. The van der Waals surface area contributed by atoms with E-state index in [-0.39, 0.29) is 11.5 Å². The molecule has 3 rings (SSSR count). The van der Waals surface area contributed by atoms with E-state index in [2.05, 4.69) is 0 Å². The lowest BCUT2D eigenvalue weighted by molar-refractivity contribution is 0.0995. The average molecular weight is 336 g/mol. The quantitative estimate of drug-likeness (QED) is 0.792. The van der Waals surface area contributed by atoms with Crippen LogP contribution in [0, 0.1) is 11.6 Å². The summed E-state index contributed by atoms with van der Waals surface area (Å²) in [5.41, 5.74) is 1.09. The van der Waals surface area contributed by atoms with Gasteiger partial charge in [0.05, 0.1) is 0 Å². The third-order valence-electron chi connectivity index (χ3n) is 3.77. The Morgan fingerprint density at radius 2 is 1.70 bits per heavy atom. The van der Waals surface area contributed by atoms with Gasteiger partial charge < -0.3 is 9.30 Å². The molecule has 0 unspecified atom stereocenters. The predicted molar refractivity (Wildman–Crippen MR) is 84.6 cm³/mol. The van der Waals surface area contributed by atoms with Gasteiger partial charge in [0.1, 0.15) is 30.3 Å². The minimum absolute atomic E-state index is 0.0213. The molecular formula is C17H15F2O3P. The summed E-state index contributed by atoms with van der Waals surface area (Å²) in [6.45, 7) is 3.22. The monoisotopic (exact) mass is 336 g/mol. The van der Waals surface area contributed by atoms with Crippen molar-refractivity contribution in [3.05, 3.63) is 53.1 Å². The van der Waals surface area contributed by atoms with Crippen LogP contribution in [-0.2, 0) is 11.0 Å². The molecule has 0 spiro atoms. The fourth-order valence-corrected chi connectivity index (χ4v) is 4.03. The standard InChI is InChI=1S/C17H15F2O3P/c1-23(2,21)16-6-5-15(13-3-4-14(20)17(13)16)22-12-8-10(18)7-11(19)9-12/h5-9H,3-4H2,1-2H3. The second-order valence-electron chi connectivity index (χ2n) is 5.92. The second kappa shape index (κ2) is 5.57. The molecule has 0 saturated heterocycles. The molecule has 0 N–H and O–H groups in total. The maximum Gasteiger partial charge on any atom is 0.164 e. The fourth-order valence-electron chi connectivity index (χ4n) is 2.80. The zero-order chi connectivity index (χ0) is 16.8. The van der Waals surface area contributed by atoms with E-state index in [0.717, 1.165) is 18.2 Å². The van der Waals surface area contributed by atoms with Crippen molar-refractivity contribution >= 4 is 18.2 Å². The highest BCUT2D eigenvalue weighted by Gasteiger charge is 2.30. The molecular weight excluding hydrogens is 321 g/mol. The summed E-state index contributed by atoms with van der Waals surface area (Å²) < 4.78 is 44.5. The maximum atomic E-state index is 13.3. The number of halogens is 2. The Kier molecular flexibility index (Phi) is 3.85. The van der Waals surface area contributed by atoms with Crippen LogP contribution in [0.4, 0.5) is 8.78 Å². The van der Waals surface area contributed by atoms with Crippen LogP contribution >= 0.6 is 7.14 Å². The fraction of sp³-hybridized carbons (Fsp3) is 0.235. The third kappa shape index (κ3) is 3.06. The molecule has 120 valence electrons. The molecule has 3 nitrogen and oxygen atoms in total. The van der Waals surface area contributed by atoms with Crippen LogP contribution in [0.3, 0.4) is 0 Å². The van der Waals surface area contributed by atoms with E-state index >= 15 is 0 Å². The van der Waals surface area contributed by atoms with Crippen LogP contribution in [0.2, 0.25) is 0 Å². The molecule has 0 aliphatic heterocycles. The normalized spacial score (nSPS) is 14.0. The van der Waals surface area contributed by atoms with E-state index in [9.17, 15) is 18.1 Å². The number of ketones is 1. The van der Waals surface area contributed by atoms with Crippen LogP contribution in [-0.4, -0.2) is 19.1 Å². The number of rotatable bonds is 3. The van der Waals surface area contributed by atoms with Crippen LogP contribution in [0.5, 0.6) is 11.5 Å². The highest BCUT2D eigenvalue weighted by atomic mass is 31.2. The SMILES string of the molecule is CP(C)(=O)c1ccc(Oc2cc(F)cc(F)c2)c2c1C(=O)CC2. The Morgan fingerprint density at radius 3 is 2.30 bits per heavy atom. The molecule has 23 heavy (non-hydrogen) atoms. The summed E-state index contributed by atoms with van der Waals surface area (Å²) in [4.78, 5) is 12.1. The van der Waals surface area contributed by atoms with Gasteiger partial charge in [0.2, 0.25) is 0 Å². The number of Topliss-reactive ketones (excluding diaryl/α,β-unsaturated/α-hetero) is 1. The molecule has 0 amide bonds. The van der Waals surface area contributed by atoms with Gasteiger partial charge in [-0.2, -0.15) is 0 Å². The number of hydrogen-bond donors (Lipinski definition) is 0. The van der Waals surface area contributed by atoms with Gasteiger partial charge in [-0.25, -0.2) is 8.78 Å². The van der Waals surface area contributed by atoms with Gasteiger partial charge >= 0.3 is 0 Å². The second-order valence-corrected chi connectivity index (χ2v) is 9.10. The molecule has 0 fully saturated rings. The summed E-state index contributed by atoms with van der Waals surface area (Å²) in [6, 6.07) is 6.12. The number of carbonyl (C=O) groups is 1. The lowest BCUT2D eigenvalue weighted by Gasteiger charge is -2.15. The van der Waals surface area contributed by atoms with Crippen molar-refractivity contribution in [2.75, 3.05) is 13.3 Å². The Bertz CT molecular complexity index is 835. The summed E-state index contributed by atoms with van der Waals surface area (Å²) >= 11 is 0. The first kappa shape index (κ1) is 15.9. The molecule has 1 aliphatic rings. The highest BCUT2D eigenvalue weighted by molar-refractivity contribution is 7.70. The molecule has 2 aromatic carbocycles. The van der Waals surface area contributed by atoms with Crippen molar-refractivity contribution in [3.63, 3.8) is 0 Å². The van der Waals surface area contributed by atoms with Crippen molar-refractivity contribution in [2.45, 2.75) is 12.8 Å². The van der Waals surface area contributed by atoms with Crippen molar-refractivity contribution in [3.8, 4) is 11.5 Å². The number of hydrogen-bond acceptors (Lipinski definition) is 3. The van der Waals surface area contributed by atoms with Gasteiger partial charge in [0.25, 0.3) is 0 Å². The van der Waals surface area contributed by atoms with E-state index in [1.165, 1.54) is 0 Å². The molecule has 0 heterocycles. The van der Waals surface area contributed by atoms with Crippen LogP contribution < -0.4 is 10.0 Å². The Balaban J connectivity index is 2.08. The molecule has 0 radical (unpaired) electrons. The van der Waals surface area contributed by atoms with E-state index in [1.54, 1.807) is 25.5 Å². The van der Waals surface area contributed by atoms with Gasteiger partial charge in [-0.05, 0) is 31.9 Å². The number of carbonyl (C=O) groups excluding carboxylic acids is 1. The van der Waals surface area contributed by atoms with Gasteiger partial charge in [0, 0.05) is 41.1 Å². The topological polar surface area (TPSA) is 43.4 Å². The summed E-state index contributed by atoms with van der Waals surface area (Å²) in [5, 5.41) is 0.535. The molecule has 1 aliphatic carbocycles. The maximum absolute atomic E-state index is 13.3. The smallest absolute Gasteiger partial charge is 0.164 e. The molecule has 0 saturated carbocycles. The third-order valence-corrected chi connectivity index (χ3v) is 5.31. The Labute approximate surface area is 132 Å². The predicted octanol–water partition coefficient (Wildman–Crippen LogP) is 4.13. The van der Waals surface area contributed by atoms with E-state index in [0.29, 0.717) is 35.0 Å². The number of benzene rings is 2. The van der Waals surface area contributed by atoms with Crippen LogP contribution in [0.1, 0.15) is 22.3 Å². The minimum atomic E-state index is -2.61. The van der Waals surface area contributed by atoms with Gasteiger partial charge in [-0.15, -0.1) is 0 Å².